The molecule has 0 saturated carbocycles. The Morgan fingerprint density at radius 1 is 1.36 bits per heavy atom. The molecule has 0 unspecified atom stereocenters. The highest BCUT2D eigenvalue weighted by atomic mass is 16.5. The highest BCUT2D eigenvalue weighted by molar-refractivity contribution is 5.72. The van der Waals surface area contributed by atoms with Gasteiger partial charge in [0, 0.05) is 19.0 Å². The van der Waals surface area contributed by atoms with Gasteiger partial charge in [0.1, 0.15) is 11.3 Å². The van der Waals surface area contributed by atoms with E-state index >= 15 is 0 Å². The number of methoxy groups -OCH3 is 1. The molecule has 0 radical (unpaired) electrons. The first kappa shape index (κ1) is 7.79. The van der Waals surface area contributed by atoms with Crippen molar-refractivity contribution in [1.82, 2.24) is 14.5 Å². The van der Waals surface area contributed by atoms with E-state index in [1.54, 1.807) is 7.11 Å². The van der Waals surface area contributed by atoms with Gasteiger partial charge in [-0.2, -0.15) is 4.98 Å². The molecule has 0 amide bonds. The first-order valence-electron chi connectivity index (χ1n) is 4.78. The van der Waals surface area contributed by atoms with Crippen LogP contribution in [0.4, 0.5) is 0 Å². The van der Waals surface area contributed by atoms with Crippen molar-refractivity contribution >= 4 is 11.2 Å². The second-order valence-corrected chi connectivity index (χ2v) is 3.48. The third-order valence-electron chi connectivity index (χ3n) is 2.64. The lowest BCUT2D eigenvalue weighted by Gasteiger charge is -2.00. The van der Waals surface area contributed by atoms with Crippen molar-refractivity contribution in [3.63, 3.8) is 0 Å². The first-order valence-corrected chi connectivity index (χ1v) is 4.78. The van der Waals surface area contributed by atoms with Crippen LogP contribution in [-0.4, -0.2) is 21.6 Å². The SMILES string of the molecule is COc1ccc2nc3n(c2n1)CCC3. The van der Waals surface area contributed by atoms with E-state index in [0.29, 0.717) is 5.88 Å². The van der Waals surface area contributed by atoms with Crippen LogP contribution in [-0.2, 0) is 13.0 Å². The van der Waals surface area contributed by atoms with Gasteiger partial charge in [-0.05, 0) is 12.5 Å². The van der Waals surface area contributed by atoms with Crippen LogP contribution in [0.15, 0.2) is 12.1 Å². The number of aryl methyl sites for hydroxylation is 2. The zero-order valence-electron chi connectivity index (χ0n) is 8.03. The van der Waals surface area contributed by atoms with Crippen molar-refractivity contribution in [3.8, 4) is 5.88 Å². The largest absolute Gasteiger partial charge is 0.481 e. The lowest BCUT2D eigenvalue weighted by Crippen LogP contribution is -1.95. The number of fused-ring (bicyclic) bond motifs is 3. The normalized spacial score (nSPS) is 14.6. The van der Waals surface area contributed by atoms with E-state index in [-0.39, 0.29) is 0 Å². The average Bonchev–Trinajstić information content (AvgIpc) is 2.76. The van der Waals surface area contributed by atoms with Gasteiger partial charge in [-0.25, -0.2) is 4.98 Å². The van der Waals surface area contributed by atoms with Crippen molar-refractivity contribution in [2.75, 3.05) is 7.11 Å². The predicted octanol–water partition coefficient (Wildman–Crippen LogP) is 1.39. The van der Waals surface area contributed by atoms with Gasteiger partial charge < -0.3 is 9.30 Å². The molecule has 0 aliphatic carbocycles. The van der Waals surface area contributed by atoms with E-state index in [0.717, 1.165) is 30.0 Å². The molecule has 3 rings (SSSR count). The molecule has 72 valence electrons. The third kappa shape index (κ3) is 0.937. The molecule has 14 heavy (non-hydrogen) atoms. The minimum Gasteiger partial charge on any atom is -0.481 e. The fourth-order valence-electron chi connectivity index (χ4n) is 1.97. The lowest BCUT2D eigenvalue weighted by atomic mass is 10.3. The third-order valence-corrected chi connectivity index (χ3v) is 2.64. The molecule has 3 heterocycles. The number of imidazole rings is 1. The minimum atomic E-state index is 0.659. The molecule has 0 saturated heterocycles. The summed E-state index contributed by atoms with van der Waals surface area (Å²) in [5.41, 5.74) is 1.93. The van der Waals surface area contributed by atoms with Crippen molar-refractivity contribution in [2.45, 2.75) is 19.4 Å². The average molecular weight is 189 g/mol. The lowest BCUT2D eigenvalue weighted by molar-refractivity contribution is 0.399. The molecule has 0 aromatic carbocycles. The summed E-state index contributed by atoms with van der Waals surface area (Å²) in [7, 11) is 1.63. The van der Waals surface area contributed by atoms with E-state index < -0.39 is 0 Å². The van der Waals surface area contributed by atoms with Gasteiger partial charge >= 0.3 is 0 Å². The van der Waals surface area contributed by atoms with Crippen LogP contribution in [0.1, 0.15) is 12.2 Å². The van der Waals surface area contributed by atoms with Crippen molar-refractivity contribution in [2.24, 2.45) is 0 Å². The van der Waals surface area contributed by atoms with E-state index in [9.17, 15) is 0 Å². The number of hydrogen-bond donors (Lipinski definition) is 0. The van der Waals surface area contributed by atoms with Crippen molar-refractivity contribution in [1.29, 1.82) is 0 Å². The summed E-state index contributed by atoms with van der Waals surface area (Å²) in [6, 6.07) is 3.82. The van der Waals surface area contributed by atoms with Crippen molar-refractivity contribution < 1.29 is 4.74 Å². The first-order chi connectivity index (χ1) is 6.88. The summed E-state index contributed by atoms with van der Waals surface area (Å²) in [6.07, 6.45) is 2.25. The van der Waals surface area contributed by atoms with Gasteiger partial charge in [0.05, 0.1) is 7.11 Å². The number of pyridine rings is 1. The maximum atomic E-state index is 5.10. The Balaban J connectivity index is 2.29. The molecule has 0 spiro atoms. The highest BCUT2D eigenvalue weighted by Crippen LogP contribution is 2.22. The van der Waals surface area contributed by atoms with Crippen LogP contribution < -0.4 is 4.74 Å². The second-order valence-electron chi connectivity index (χ2n) is 3.48. The Bertz CT molecular complexity index is 489. The summed E-state index contributed by atoms with van der Waals surface area (Å²) in [5, 5.41) is 0. The quantitative estimate of drug-likeness (QED) is 0.680. The Kier molecular flexibility index (Phi) is 1.50. The van der Waals surface area contributed by atoms with Crippen LogP contribution in [0.3, 0.4) is 0 Å². The molecule has 2 aromatic heterocycles. The molecule has 4 heteroatoms. The Morgan fingerprint density at radius 3 is 3.14 bits per heavy atom. The summed E-state index contributed by atoms with van der Waals surface area (Å²) in [6.45, 7) is 1.03. The van der Waals surface area contributed by atoms with Gasteiger partial charge in [0.15, 0.2) is 5.65 Å². The monoisotopic (exact) mass is 189 g/mol. The van der Waals surface area contributed by atoms with E-state index in [4.69, 9.17) is 4.74 Å². The zero-order chi connectivity index (χ0) is 9.54. The summed E-state index contributed by atoms with van der Waals surface area (Å²) in [5.74, 6) is 1.81. The van der Waals surface area contributed by atoms with Gasteiger partial charge in [-0.1, -0.05) is 0 Å². The van der Waals surface area contributed by atoms with Gasteiger partial charge in [-0.15, -0.1) is 0 Å². The Labute approximate surface area is 81.5 Å². The molecule has 0 bridgehead atoms. The fourth-order valence-corrected chi connectivity index (χ4v) is 1.97. The van der Waals surface area contributed by atoms with Gasteiger partial charge in [-0.3, -0.25) is 0 Å². The second kappa shape index (κ2) is 2.70. The summed E-state index contributed by atoms with van der Waals surface area (Å²) >= 11 is 0. The predicted molar refractivity (Wildman–Crippen MR) is 52.4 cm³/mol. The Hall–Kier alpha value is -1.58. The number of nitrogens with zero attached hydrogens (tertiary/aromatic N) is 3. The van der Waals surface area contributed by atoms with Gasteiger partial charge in [0.25, 0.3) is 0 Å². The summed E-state index contributed by atoms with van der Waals surface area (Å²) in [4.78, 5) is 8.92. The van der Waals surface area contributed by atoms with Gasteiger partial charge in [0.2, 0.25) is 5.88 Å². The van der Waals surface area contributed by atoms with E-state index in [2.05, 4.69) is 14.5 Å². The summed E-state index contributed by atoms with van der Waals surface area (Å²) < 4.78 is 7.28. The van der Waals surface area contributed by atoms with E-state index in [1.165, 1.54) is 6.42 Å². The maximum Gasteiger partial charge on any atom is 0.215 e. The topological polar surface area (TPSA) is 39.9 Å². The number of ether oxygens (including phenoxy) is 1. The molecule has 0 atom stereocenters. The van der Waals surface area contributed by atoms with Crippen LogP contribution in [0.25, 0.3) is 11.2 Å². The van der Waals surface area contributed by atoms with Crippen LogP contribution in [0.5, 0.6) is 5.88 Å². The standard InChI is InChI=1S/C10H11N3O/c1-14-9-5-4-7-10(12-9)13-6-2-3-8(13)11-7/h4-5H,2-3,6H2,1H3. The highest BCUT2D eigenvalue weighted by Gasteiger charge is 2.16. The molecular weight excluding hydrogens is 178 g/mol. The molecule has 1 aliphatic rings. The van der Waals surface area contributed by atoms with Crippen LogP contribution in [0, 0.1) is 0 Å². The van der Waals surface area contributed by atoms with Crippen molar-refractivity contribution in [3.05, 3.63) is 18.0 Å². The number of aromatic nitrogens is 3. The number of hydrogen-bond acceptors (Lipinski definition) is 3. The molecular formula is C10H11N3O. The molecule has 2 aromatic rings. The van der Waals surface area contributed by atoms with Crippen LogP contribution >= 0.6 is 0 Å². The van der Waals surface area contributed by atoms with Crippen LogP contribution in [0.2, 0.25) is 0 Å². The Morgan fingerprint density at radius 2 is 2.29 bits per heavy atom. The molecule has 0 fully saturated rings. The number of rotatable bonds is 1. The smallest absolute Gasteiger partial charge is 0.215 e. The molecule has 0 N–H and O–H groups in total. The van der Waals surface area contributed by atoms with E-state index in [1.807, 2.05) is 12.1 Å². The molecule has 4 nitrogen and oxygen atoms in total. The maximum absolute atomic E-state index is 5.10. The fraction of sp³-hybridized carbons (Fsp3) is 0.400. The minimum absolute atomic E-state index is 0.659. The zero-order valence-corrected chi connectivity index (χ0v) is 8.03. The molecule has 1 aliphatic heterocycles.